The minimum absolute atomic E-state index is 0.0207. The average Bonchev–Trinajstić information content (AvgIpc) is 3.02. The number of aryl methyl sites for hydroxylation is 1. The average molecular weight is 410 g/mol. The number of nitrogens with zero attached hydrogens (tertiary/aromatic N) is 2. The van der Waals surface area contributed by atoms with Crippen molar-refractivity contribution in [2.45, 2.75) is 30.6 Å². The number of thioether (sulfide) groups is 1. The van der Waals surface area contributed by atoms with Gasteiger partial charge in [-0.1, -0.05) is 24.3 Å². The predicted molar refractivity (Wildman–Crippen MR) is 114 cm³/mol. The number of hydrogen-bond acceptors (Lipinski definition) is 6. The van der Waals surface area contributed by atoms with Crippen molar-refractivity contribution in [2.24, 2.45) is 5.73 Å². The second-order valence-corrected chi connectivity index (χ2v) is 8.23. The summed E-state index contributed by atoms with van der Waals surface area (Å²) in [6.45, 7) is 2.60. The molecule has 7 nitrogen and oxygen atoms in total. The molecule has 0 aliphatic carbocycles. The van der Waals surface area contributed by atoms with Crippen LogP contribution in [0.25, 0.3) is 10.9 Å². The van der Waals surface area contributed by atoms with E-state index in [1.165, 1.54) is 11.8 Å². The standard InChI is InChI=1S/C21H22N4O3S/c1-13-23-17-5-3-2-4-16(17)20(27)25(13)10-11-28-15-8-6-14(7-9-15)12-18-19(26)24-21(22)29-18/h2-9,18,21H,10-12,22H2,1H3,(H,24,26). The van der Waals surface area contributed by atoms with Crippen LogP contribution in [0.15, 0.2) is 53.3 Å². The van der Waals surface area contributed by atoms with Crippen molar-refractivity contribution in [3.05, 3.63) is 70.3 Å². The third kappa shape index (κ3) is 4.28. The fourth-order valence-electron chi connectivity index (χ4n) is 3.38. The van der Waals surface area contributed by atoms with Crippen molar-refractivity contribution in [1.29, 1.82) is 0 Å². The first kappa shape index (κ1) is 19.5. The number of ether oxygens (including phenoxy) is 1. The number of nitrogens with one attached hydrogen (secondary N) is 1. The molecule has 1 fully saturated rings. The fourth-order valence-corrected chi connectivity index (χ4v) is 4.40. The lowest BCUT2D eigenvalue weighted by atomic mass is 10.1. The van der Waals surface area contributed by atoms with Gasteiger partial charge in [0.2, 0.25) is 5.91 Å². The molecule has 1 amide bonds. The van der Waals surface area contributed by atoms with Crippen LogP contribution in [-0.2, 0) is 17.8 Å². The summed E-state index contributed by atoms with van der Waals surface area (Å²) in [5.74, 6) is 1.36. The van der Waals surface area contributed by atoms with E-state index >= 15 is 0 Å². The summed E-state index contributed by atoms with van der Waals surface area (Å²) in [7, 11) is 0. The molecular formula is C21H22N4O3S. The van der Waals surface area contributed by atoms with Gasteiger partial charge in [0, 0.05) is 0 Å². The molecular weight excluding hydrogens is 388 g/mol. The third-order valence-electron chi connectivity index (χ3n) is 4.87. The van der Waals surface area contributed by atoms with Gasteiger partial charge in [-0.2, -0.15) is 0 Å². The number of aromatic nitrogens is 2. The minimum atomic E-state index is -0.327. The van der Waals surface area contributed by atoms with E-state index in [1.54, 1.807) is 10.6 Å². The highest BCUT2D eigenvalue weighted by molar-refractivity contribution is 8.01. The second kappa shape index (κ2) is 8.26. The predicted octanol–water partition coefficient (Wildman–Crippen LogP) is 1.80. The van der Waals surface area contributed by atoms with E-state index in [1.807, 2.05) is 49.4 Å². The van der Waals surface area contributed by atoms with Crippen LogP contribution >= 0.6 is 11.8 Å². The summed E-state index contributed by atoms with van der Waals surface area (Å²) < 4.78 is 7.44. The van der Waals surface area contributed by atoms with E-state index in [9.17, 15) is 9.59 Å². The molecule has 0 radical (unpaired) electrons. The van der Waals surface area contributed by atoms with Crippen molar-refractivity contribution in [3.8, 4) is 5.75 Å². The first-order chi connectivity index (χ1) is 14.0. The van der Waals surface area contributed by atoms with E-state index in [-0.39, 0.29) is 22.2 Å². The van der Waals surface area contributed by atoms with Crippen molar-refractivity contribution >= 4 is 28.6 Å². The zero-order chi connectivity index (χ0) is 20.4. The van der Waals surface area contributed by atoms with Crippen LogP contribution in [0, 0.1) is 6.92 Å². The molecule has 2 heterocycles. The van der Waals surface area contributed by atoms with Crippen molar-refractivity contribution < 1.29 is 9.53 Å². The lowest BCUT2D eigenvalue weighted by Crippen LogP contribution is -2.33. The SMILES string of the molecule is Cc1nc2ccccc2c(=O)n1CCOc1ccc(CC2SC(N)NC2=O)cc1. The van der Waals surface area contributed by atoms with Gasteiger partial charge in [-0.05, 0) is 43.2 Å². The van der Waals surface area contributed by atoms with Gasteiger partial charge in [0.15, 0.2) is 0 Å². The molecule has 1 aromatic heterocycles. The molecule has 4 rings (SSSR count). The Morgan fingerprint density at radius 1 is 1.17 bits per heavy atom. The number of fused-ring (bicyclic) bond motifs is 1. The largest absolute Gasteiger partial charge is 0.492 e. The van der Waals surface area contributed by atoms with E-state index < -0.39 is 0 Å². The summed E-state index contributed by atoms with van der Waals surface area (Å²) >= 11 is 1.44. The van der Waals surface area contributed by atoms with Crippen molar-refractivity contribution in [2.75, 3.05) is 6.61 Å². The highest BCUT2D eigenvalue weighted by Gasteiger charge is 2.30. The molecule has 150 valence electrons. The summed E-state index contributed by atoms with van der Waals surface area (Å²) in [5, 5.41) is 3.15. The zero-order valence-electron chi connectivity index (χ0n) is 16.0. The number of benzene rings is 2. The maximum Gasteiger partial charge on any atom is 0.261 e. The molecule has 2 atom stereocenters. The molecule has 0 spiro atoms. The van der Waals surface area contributed by atoms with Gasteiger partial charge in [-0.15, -0.1) is 11.8 Å². The van der Waals surface area contributed by atoms with Gasteiger partial charge < -0.3 is 15.8 Å². The van der Waals surface area contributed by atoms with Gasteiger partial charge in [-0.3, -0.25) is 14.2 Å². The zero-order valence-corrected chi connectivity index (χ0v) is 16.8. The highest BCUT2D eigenvalue weighted by atomic mass is 32.2. The summed E-state index contributed by atoms with van der Waals surface area (Å²) in [6, 6.07) is 15.0. The summed E-state index contributed by atoms with van der Waals surface area (Å²) in [6.07, 6.45) is 0.627. The lowest BCUT2D eigenvalue weighted by molar-refractivity contribution is -0.120. The third-order valence-corrected chi connectivity index (χ3v) is 5.99. The minimum Gasteiger partial charge on any atom is -0.492 e. The summed E-state index contributed by atoms with van der Waals surface area (Å²) in [5.41, 5.74) is 7.10. The smallest absolute Gasteiger partial charge is 0.261 e. The monoisotopic (exact) mass is 410 g/mol. The first-order valence-electron chi connectivity index (χ1n) is 9.40. The second-order valence-electron chi connectivity index (χ2n) is 6.88. The van der Waals surface area contributed by atoms with Gasteiger partial charge in [0.1, 0.15) is 23.7 Å². The van der Waals surface area contributed by atoms with Crippen LogP contribution in [-0.4, -0.2) is 32.8 Å². The molecule has 0 saturated carbocycles. The van der Waals surface area contributed by atoms with Crippen LogP contribution in [0.1, 0.15) is 11.4 Å². The lowest BCUT2D eigenvalue weighted by Gasteiger charge is -2.12. The van der Waals surface area contributed by atoms with Crippen molar-refractivity contribution in [1.82, 2.24) is 14.9 Å². The quantitative estimate of drug-likeness (QED) is 0.643. The summed E-state index contributed by atoms with van der Waals surface area (Å²) in [4.78, 5) is 29.0. The van der Waals surface area contributed by atoms with Crippen LogP contribution in [0.4, 0.5) is 0 Å². The molecule has 1 aliphatic heterocycles. The fraction of sp³-hybridized carbons (Fsp3) is 0.286. The normalized spacial score (nSPS) is 18.8. The Morgan fingerprint density at radius 3 is 2.66 bits per heavy atom. The van der Waals surface area contributed by atoms with E-state index in [0.717, 1.165) is 5.56 Å². The number of carbonyl (C=O) groups excluding carboxylic acids is 1. The van der Waals surface area contributed by atoms with Gasteiger partial charge in [0.25, 0.3) is 5.56 Å². The Balaban J connectivity index is 1.37. The highest BCUT2D eigenvalue weighted by Crippen LogP contribution is 2.24. The maximum absolute atomic E-state index is 12.7. The number of rotatable bonds is 6. The molecule has 29 heavy (non-hydrogen) atoms. The Bertz CT molecular complexity index is 1100. The van der Waals surface area contributed by atoms with Crippen LogP contribution in [0.2, 0.25) is 0 Å². The maximum atomic E-state index is 12.7. The molecule has 8 heteroatoms. The van der Waals surface area contributed by atoms with Gasteiger partial charge in [-0.25, -0.2) is 4.98 Å². The molecule has 3 aromatic rings. The molecule has 2 aromatic carbocycles. The molecule has 1 saturated heterocycles. The van der Waals surface area contributed by atoms with Crippen LogP contribution < -0.4 is 21.3 Å². The van der Waals surface area contributed by atoms with Gasteiger partial charge in [0.05, 0.1) is 22.7 Å². The van der Waals surface area contributed by atoms with Crippen molar-refractivity contribution in [3.63, 3.8) is 0 Å². The van der Waals surface area contributed by atoms with E-state index in [4.69, 9.17) is 10.5 Å². The number of amides is 1. The Morgan fingerprint density at radius 2 is 1.93 bits per heavy atom. The van der Waals surface area contributed by atoms with E-state index in [0.29, 0.717) is 42.0 Å². The number of nitrogens with two attached hydrogens (primary N) is 1. The molecule has 1 aliphatic rings. The van der Waals surface area contributed by atoms with Crippen LogP contribution in [0.3, 0.4) is 0 Å². The number of carbonyl (C=O) groups is 1. The molecule has 0 bridgehead atoms. The number of para-hydroxylation sites is 1. The Hall–Kier alpha value is -2.84. The van der Waals surface area contributed by atoms with E-state index in [2.05, 4.69) is 10.3 Å². The molecule has 2 unspecified atom stereocenters. The van der Waals surface area contributed by atoms with Crippen LogP contribution in [0.5, 0.6) is 5.75 Å². The molecule has 3 N–H and O–H groups in total. The van der Waals surface area contributed by atoms with Gasteiger partial charge >= 0.3 is 0 Å². The topological polar surface area (TPSA) is 99.2 Å². The Kier molecular flexibility index (Phi) is 5.55. The number of hydrogen-bond donors (Lipinski definition) is 2. The first-order valence-corrected chi connectivity index (χ1v) is 10.3. The Labute approximate surface area is 172 Å².